The van der Waals surface area contributed by atoms with Crippen LogP contribution in [0.15, 0.2) is 29.8 Å². The minimum atomic E-state index is -0.633. The lowest BCUT2D eigenvalue weighted by Crippen LogP contribution is -2.35. The first-order valence-electron chi connectivity index (χ1n) is 6.47. The largest absolute Gasteiger partial charge is 0.465 e. The molecule has 0 aromatic heterocycles. The first-order chi connectivity index (χ1) is 10.0. The van der Waals surface area contributed by atoms with Crippen LogP contribution < -0.4 is 0 Å². The van der Waals surface area contributed by atoms with E-state index in [0.29, 0.717) is 5.56 Å². The molecule has 0 aliphatic carbocycles. The number of hydrogen-bond acceptors (Lipinski definition) is 4. The van der Waals surface area contributed by atoms with Gasteiger partial charge in [0.05, 0.1) is 13.0 Å². The monoisotopic (exact) mass is 291 g/mol. The van der Waals surface area contributed by atoms with Gasteiger partial charge in [-0.05, 0) is 30.7 Å². The lowest BCUT2D eigenvalue weighted by Gasteiger charge is -2.11. The summed E-state index contributed by atoms with van der Waals surface area (Å²) >= 11 is 0. The third kappa shape index (κ3) is 3.53. The highest BCUT2D eigenvalue weighted by Crippen LogP contribution is 2.21. The molecule has 0 unspecified atom stereocenters. The van der Waals surface area contributed by atoms with Gasteiger partial charge in [0.25, 0.3) is 5.91 Å². The maximum atomic E-state index is 13.1. The van der Waals surface area contributed by atoms with Gasteiger partial charge >= 0.3 is 5.97 Å². The summed E-state index contributed by atoms with van der Waals surface area (Å²) in [6.45, 7) is 1.42. The first-order valence-corrected chi connectivity index (χ1v) is 6.47. The minimum Gasteiger partial charge on any atom is -0.465 e. The number of carbonyl (C=O) groups excluding carboxylic acids is 3. The highest BCUT2D eigenvalue weighted by molar-refractivity contribution is 6.16. The molecule has 0 radical (unpaired) electrons. The zero-order chi connectivity index (χ0) is 15.4. The fourth-order valence-electron chi connectivity index (χ4n) is 2.03. The number of halogens is 1. The van der Waals surface area contributed by atoms with Crippen molar-refractivity contribution in [1.29, 1.82) is 0 Å². The van der Waals surface area contributed by atoms with Gasteiger partial charge in [-0.1, -0.05) is 12.1 Å². The maximum absolute atomic E-state index is 13.1. The van der Waals surface area contributed by atoms with Crippen molar-refractivity contribution in [3.05, 3.63) is 41.2 Å². The van der Waals surface area contributed by atoms with Gasteiger partial charge in [-0.2, -0.15) is 0 Å². The predicted octanol–water partition coefficient (Wildman–Crippen LogP) is 1.53. The second-order valence-electron chi connectivity index (χ2n) is 4.49. The summed E-state index contributed by atoms with van der Waals surface area (Å²) in [5.41, 5.74) is 0.721. The average Bonchev–Trinajstić information content (AvgIpc) is 2.67. The number of imide groups is 1. The van der Waals surface area contributed by atoms with Crippen LogP contribution in [0.5, 0.6) is 0 Å². The Labute approximate surface area is 121 Å². The van der Waals surface area contributed by atoms with Gasteiger partial charge < -0.3 is 4.74 Å². The van der Waals surface area contributed by atoms with Gasteiger partial charge in [0.1, 0.15) is 12.4 Å². The molecule has 110 valence electrons. The molecule has 0 bridgehead atoms. The van der Waals surface area contributed by atoms with E-state index in [-0.39, 0.29) is 18.6 Å². The SMILES string of the molecule is CCOC(=O)CN1C(=O)C/C(=C\c2cccc(F)c2)C1=O. The van der Waals surface area contributed by atoms with Crippen LogP contribution in [0.2, 0.25) is 0 Å². The maximum Gasteiger partial charge on any atom is 0.326 e. The molecule has 6 heteroatoms. The van der Waals surface area contributed by atoms with E-state index in [9.17, 15) is 18.8 Å². The highest BCUT2D eigenvalue weighted by Gasteiger charge is 2.35. The smallest absolute Gasteiger partial charge is 0.326 e. The summed E-state index contributed by atoms with van der Waals surface area (Å²) in [7, 11) is 0. The Bertz CT molecular complexity index is 624. The van der Waals surface area contributed by atoms with Crippen molar-refractivity contribution in [3.63, 3.8) is 0 Å². The van der Waals surface area contributed by atoms with E-state index in [1.807, 2.05) is 0 Å². The second-order valence-corrected chi connectivity index (χ2v) is 4.49. The number of ether oxygens (including phenoxy) is 1. The summed E-state index contributed by atoms with van der Waals surface area (Å²) in [6.07, 6.45) is 1.35. The molecule has 1 heterocycles. The standard InChI is InChI=1S/C15H14FNO4/c1-2-21-14(19)9-17-13(18)8-11(15(17)20)6-10-4-3-5-12(16)7-10/h3-7H,2,8-9H2,1H3/b11-6+. The lowest BCUT2D eigenvalue weighted by molar-refractivity contribution is -0.151. The molecular formula is C15H14FNO4. The predicted molar refractivity (Wildman–Crippen MR) is 72.3 cm³/mol. The Morgan fingerprint density at radius 1 is 1.43 bits per heavy atom. The van der Waals surface area contributed by atoms with Crippen molar-refractivity contribution in [2.75, 3.05) is 13.2 Å². The Balaban J connectivity index is 2.16. The number of rotatable bonds is 4. The van der Waals surface area contributed by atoms with E-state index in [0.717, 1.165) is 4.90 Å². The molecular weight excluding hydrogens is 277 g/mol. The number of benzene rings is 1. The van der Waals surface area contributed by atoms with Gasteiger partial charge in [0, 0.05) is 5.57 Å². The Hall–Kier alpha value is -2.50. The van der Waals surface area contributed by atoms with Crippen molar-refractivity contribution in [2.45, 2.75) is 13.3 Å². The Morgan fingerprint density at radius 3 is 2.86 bits per heavy atom. The van der Waals surface area contributed by atoms with E-state index < -0.39 is 30.1 Å². The Kier molecular flexibility index (Phi) is 4.47. The fraction of sp³-hybridized carbons (Fsp3) is 0.267. The van der Waals surface area contributed by atoms with Crippen LogP contribution in [-0.2, 0) is 19.1 Å². The summed E-state index contributed by atoms with van der Waals surface area (Å²) < 4.78 is 17.8. The molecule has 2 rings (SSSR count). The van der Waals surface area contributed by atoms with E-state index in [1.165, 1.54) is 24.3 Å². The topological polar surface area (TPSA) is 63.7 Å². The number of amides is 2. The Morgan fingerprint density at radius 2 is 2.19 bits per heavy atom. The molecule has 1 saturated heterocycles. The average molecular weight is 291 g/mol. The van der Waals surface area contributed by atoms with Crippen LogP contribution >= 0.6 is 0 Å². The molecule has 0 atom stereocenters. The van der Waals surface area contributed by atoms with E-state index in [4.69, 9.17) is 4.74 Å². The molecule has 0 saturated carbocycles. The molecule has 21 heavy (non-hydrogen) atoms. The van der Waals surface area contributed by atoms with Gasteiger partial charge in [-0.15, -0.1) is 0 Å². The van der Waals surface area contributed by atoms with Crippen LogP contribution in [0.1, 0.15) is 18.9 Å². The van der Waals surface area contributed by atoms with E-state index in [2.05, 4.69) is 0 Å². The zero-order valence-corrected chi connectivity index (χ0v) is 11.5. The lowest BCUT2D eigenvalue weighted by atomic mass is 10.1. The van der Waals surface area contributed by atoms with Gasteiger partial charge in [-0.25, -0.2) is 4.39 Å². The molecule has 1 aromatic carbocycles. The molecule has 0 N–H and O–H groups in total. The molecule has 2 amide bonds. The van der Waals surface area contributed by atoms with E-state index in [1.54, 1.807) is 13.0 Å². The summed E-state index contributed by atoms with van der Waals surface area (Å²) in [5, 5.41) is 0. The second kappa shape index (κ2) is 6.30. The van der Waals surface area contributed by atoms with Crippen molar-refractivity contribution < 1.29 is 23.5 Å². The van der Waals surface area contributed by atoms with Gasteiger partial charge in [-0.3, -0.25) is 19.3 Å². The van der Waals surface area contributed by atoms with Crippen molar-refractivity contribution in [2.24, 2.45) is 0 Å². The number of likely N-dealkylation sites (tertiary alicyclic amines) is 1. The number of carbonyl (C=O) groups is 3. The molecule has 1 aliphatic rings. The summed E-state index contributed by atoms with van der Waals surface area (Å²) in [5.74, 6) is -2.07. The van der Waals surface area contributed by atoms with Crippen LogP contribution in [0, 0.1) is 5.82 Å². The number of nitrogens with zero attached hydrogens (tertiary/aromatic N) is 1. The fourth-order valence-corrected chi connectivity index (χ4v) is 2.03. The van der Waals surface area contributed by atoms with Crippen LogP contribution in [0.4, 0.5) is 4.39 Å². The first kappa shape index (κ1) is 14.9. The number of esters is 1. The molecule has 1 aliphatic heterocycles. The van der Waals surface area contributed by atoms with Crippen molar-refractivity contribution >= 4 is 23.9 Å². The number of hydrogen-bond donors (Lipinski definition) is 0. The molecule has 1 aromatic rings. The van der Waals surface area contributed by atoms with Crippen molar-refractivity contribution in [1.82, 2.24) is 4.90 Å². The third-order valence-corrected chi connectivity index (χ3v) is 2.94. The summed E-state index contributed by atoms with van der Waals surface area (Å²) in [6, 6.07) is 5.69. The van der Waals surface area contributed by atoms with Gasteiger partial charge in [0.15, 0.2) is 0 Å². The zero-order valence-electron chi connectivity index (χ0n) is 11.5. The molecule has 0 spiro atoms. The van der Waals surface area contributed by atoms with Crippen molar-refractivity contribution in [3.8, 4) is 0 Å². The summed E-state index contributed by atoms with van der Waals surface area (Å²) in [4.78, 5) is 36.1. The van der Waals surface area contributed by atoms with Gasteiger partial charge in [0.2, 0.25) is 5.91 Å². The normalized spacial score (nSPS) is 16.7. The third-order valence-electron chi connectivity index (χ3n) is 2.94. The van der Waals surface area contributed by atoms with E-state index >= 15 is 0 Å². The minimum absolute atomic E-state index is 0.102. The van der Waals surface area contributed by atoms with Crippen LogP contribution in [0.3, 0.4) is 0 Å². The quantitative estimate of drug-likeness (QED) is 0.479. The highest BCUT2D eigenvalue weighted by atomic mass is 19.1. The molecule has 5 nitrogen and oxygen atoms in total. The van der Waals surface area contributed by atoms with Crippen LogP contribution in [-0.4, -0.2) is 35.8 Å². The van der Waals surface area contributed by atoms with Crippen LogP contribution in [0.25, 0.3) is 6.08 Å². The molecule has 1 fully saturated rings.